The average Bonchev–Trinajstić information content (AvgIpc) is 2.41. The topological polar surface area (TPSA) is 115 Å². The van der Waals surface area contributed by atoms with Gasteiger partial charge in [-0.3, -0.25) is 4.79 Å². The molecule has 0 aliphatic rings. The summed E-state index contributed by atoms with van der Waals surface area (Å²) >= 11 is 0. The first kappa shape index (κ1) is 18.6. The van der Waals surface area contributed by atoms with Crippen molar-refractivity contribution in [2.45, 2.75) is 26.6 Å². The number of nitrogens with one attached hydrogen (secondary N) is 3. The Morgan fingerprint density at radius 3 is 2.25 bits per heavy atom. The molecule has 0 bridgehead atoms. The maximum Gasteiger partial charge on any atom is 0.410 e. The minimum Gasteiger partial charge on any atom is -0.425 e. The molecule has 20 heavy (non-hydrogen) atoms. The highest BCUT2D eigenvalue weighted by Gasteiger charge is 2.11. The van der Waals surface area contributed by atoms with Gasteiger partial charge in [0, 0.05) is 52.6 Å². The predicted molar refractivity (Wildman–Crippen MR) is 75.1 cm³/mol. The van der Waals surface area contributed by atoms with E-state index in [1.54, 1.807) is 6.92 Å². The fraction of sp³-hybridized carbons (Fsp3) is 0.833. The van der Waals surface area contributed by atoms with Crippen LogP contribution in [-0.2, 0) is 14.3 Å². The molecule has 0 heterocycles. The maximum atomic E-state index is 11.3. The molecule has 0 rings (SSSR count). The summed E-state index contributed by atoms with van der Waals surface area (Å²) < 4.78 is 9.63. The summed E-state index contributed by atoms with van der Waals surface area (Å²) in [6, 6.07) is 0. The van der Waals surface area contributed by atoms with Gasteiger partial charge in [0.25, 0.3) is 0 Å². The lowest BCUT2D eigenvalue weighted by molar-refractivity contribution is -0.164. The number of carbonyl (C=O) groups excluding carboxylic acids is 2. The van der Waals surface area contributed by atoms with Crippen LogP contribution in [-0.4, -0.2) is 57.6 Å². The van der Waals surface area contributed by atoms with Crippen LogP contribution < -0.4 is 21.7 Å². The van der Waals surface area contributed by atoms with E-state index in [0.29, 0.717) is 19.6 Å². The first-order valence-corrected chi connectivity index (χ1v) is 6.85. The number of carbonyl (C=O) groups is 2. The van der Waals surface area contributed by atoms with E-state index < -0.39 is 18.4 Å². The standard InChI is InChI=1S/C12H26N4O4/c1-3-11(17)19-10(2)20-12(18)16-9-8-15-7-6-14-5-4-13/h10,14-15H,3-9,13H2,1-2H3,(H,16,18)/t10-/m0/s1. The lowest BCUT2D eigenvalue weighted by atomic mass is 10.5. The largest absolute Gasteiger partial charge is 0.425 e. The summed E-state index contributed by atoms with van der Waals surface area (Å²) in [6.45, 7) is 7.26. The van der Waals surface area contributed by atoms with Gasteiger partial charge in [0.1, 0.15) is 0 Å². The molecule has 0 unspecified atom stereocenters. The summed E-state index contributed by atoms with van der Waals surface area (Å²) in [5.41, 5.74) is 5.33. The molecule has 0 aromatic heterocycles. The van der Waals surface area contributed by atoms with E-state index in [-0.39, 0.29) is 6.42 Å². The van der Waals surface area contributed by atoms with Crippen molar-refractivity contribution in [3.63, 3.8) is 0 Å². The molecule has 0 radical (unpaired) electrons. The van der Waals surface area contributed by atoms with Crippen molar-refractivity contribution in [3.8, 4) is 0 Å². The quantitative estimate of drug-likeness (QED) is 0.222. The average molecular weight is 290 g/mol. The molecule has 1 atom stereocenters. The second-order valence-corrected chi connectivity index (χ2v) is 4.03. The first-order chi connectivity index (χ1) is 9.60. The Labute approximate surface area is 119 Å². The smallest absolute Gasteiger partial charge is 0.410 e. The van der Waals surface area contributed by atoms with Crippen LogP contribution in [0.5, 0.6) is 0 Å². The van der Waals surface area contributed by atoms with Gasteiger partial charge in [0.15, 0.2) is 0 Å². The molecule has 118 valence electrons. The third-order valence-corrected chi connectivity index (χ3v) is 2.23. The normalized spacial score (nSPS) is 11.8. The first-order valence-electron chi connectivity index (χ1n) is 6.85. The molecule has 0 aliphatic heterocycles. The number of hydrogen-bond acceptors (Lipinski definition) is 7. The second-order valence-electron chi connectivity index (χ2n) is 4.03. The molecule has 0 fully saturated rings. The Balaban J connectivity index is 3.42. The van der Waals surface area contributed by atoms with Crippen LogP contribution in [0.25, 0.3) is 0 Å². The summed E-state index contributed by atoms with van der Waals surface area (Å²) in [6.07, 6.45) is -1.24. The van der Waals surface area contributed by atoms with Crippen LogP contribution in [0.15, 0.2) is 0 Å². The van der Waals surface area contributed by atoms with Crippen LogP contribution >= 0.6 is 0 Å². The molecule has 8 nitrogen and oxygen atoms in total. The molecule has 1 amide bonds. The van der Waals surface area contributed by atoms with Crippen molar-refractivity contribution in [2.24, 2.45) is 5.73 Å². The molecular weight excluding hydrogens is 264 g/mol. The van der Waals surface area contributed by atoms with Crippen LogP contribution in [0.4, 0.5) is 4.79 Å². The van der Waals surface area contributed by atoms with E-state index >= 15 is 0 Å². The van der Waals surface area contributed by atoms with Crippen molar-refractivity contribution in [2.75, 3.05) is 39.3 Å². The number of alkyl carbamates (subject to hydrolysis) is 1. The highest BCUT2D eigenvalue weighted by atomic mass is 16.7. The van der Waals surface area contributed by atoms with Gasteiger partial charge in [0.2, 0.25) is 6.29 Å². The highest BCUT2D eigenvalue weighted by Crippen LogP contribution is 1.96. The summed E-state index contributed by atoms with van der Waals surface area (Å²) in [7, 11) is 0. The third kappa shape index (κ3) is 11.7. The zero-order valence-corrected chi connectivity index (χ0v) is 12.2. The monoisotopic (exact) mass is 290 g/mol. The second kappa shape index (κ2) is 12.6. The number of rotatable bonds is 11. The lowest BCUT2D eigenvalue weighted by Gasteiger charge is -2.14. The predicted octanol–water partition coefficient (Wildman–Crippen LogP) is -0.850. The summed E-state index contributed by atoms with van der Waals surface area (Å²) in [5, 5.41) is 8.82. The zero-order valence-electron chi connectivity index (χ0n) is 12.2. The summed E-state index contributed by atoms with van der Waals surface area (Å²) in [4.78, 5) is 22.3. The molecular formula is C12H26N4O4. The van der Waals surface area contributed by atoms with Gasteiger partial charge in [-0.2, -0.15) is 0 Å². The van der Waals surface area contributed by atoms with Crippen molar-refractivity contribution in [1.29, 1.82) is 0 Å². The van der Waals surface area contributed by atoms with Crippen molar-refractivity contribution < 1.29 is 19.1 Å². The van der Waals surface area contributed by atoms with Gasteiger partial charge in [0.05, 0.1) is 0 Å². The van der Waals surface area contributed by atoms with Gasteiger partial charge in [-0.15, -0.1) is 0 Å². The lowest BCUT2D eigenvalue weighted by Crippen LogP contribution is -2.37. The molecule has 0 saturated heterocycles. The summed E-state index contributed by atoms with van der Waals surface area (Å²) in [5.74, 6) is -0.406. The minimum absolute atomic E-state index is 0.247. The SMILES string of the molecule is CCC(=O)O[C@H](C)OC(=O)NCCNCCNCCN. The third-order valence-electron chi connectivity index (χ3n) is 2.23. The Hall–Kier alpha value is -1.38. The van der Waals surface area contributed by atoms with E-state index in [2.05, 4.69) is 16.0 Å². The van der Waals surface area contributed by atoms with Gasteiger partial charge in [-0.05, 0) is 0 Å². The van der Waals surface area contributed by atoms with Crippen LogP contribution in [0.1, 0.15) is 20.3 Å². The van der Waals surface area contributed by atoms with Gasteiger partial charge < -0.3 is 31.2 Å². The van der Waals surface area contributed by atoms with Crippen molar-refractivity contribution in [1.82, 2.24) is 16.0 Å². The zero-order chi connectivity index (χ0) is 15.2. The van der Waals surface area contributed by atoms with Gasteiger partial charge in [-0.1, -0.05) is 6.92 Å². The number of nitrogens with two attached hydrogens (primary N) is 1. The van der Waals surface area contributed by atoms with Crippen LogP contribution in [0.3, 0.4) is 0 Å². The van der Waals surface area contributed by atoms with Crippen molar-refractivity contribution in [3.05, 3.63) is 0 Å². The molecule has 0 aliphatic carbocycles. The Bertz CT molecular complexity index is 276. The van der Waals surface area contributed by atoms with E-state index in [0.717, 1.165) is 19.6 Å². The van der Waals surface area contributed by atoms with Crippen LogP contribution in [0, 0.1) is 0 Å². The Morgan fingerprint density at radius 2 is 1.65 bits per heavy atom. The Kier molecular flexibility index (Phi) is 11.8. The molecule has 5 N–H and O–H groups in total. The molecule has 0 saturated carbocycles. The van der Waals surface area contributed by atoms with Crippen molar-refractivity contribution >= 4 is 12.1 Å². The highest BCUT2D eigenvalue weighted by molar-refractivity contribution is 5.70. The molecule has 0 aromatic carbocycles. The van der Waals surface area contributed by atoms with E-state index in [9.17, 15) is 9.59 Å². The number of esters is 1. The number of ether oxygens (including phenoxy) is 2. The minimum atomic E-state index is -0.879. The number of amides is 1. The van der Waals surface area contributed by atoms with E-state index in [1.165, 1.54) is 6.92 Å². The molecule has 8 heteroatoms. The van der Waals surface area contributed by atoms with Gasteiger partial charge in [-0.25, -0.2) is 4.79 Å². The maximum absolute atomic E-state index is 11.3. The fourth-order valence-electron chi connectivity index (χ4n) is 1.27. The van der Waals surface area contributed by atoms with Gasteiger partial charge >= 0.3 is 12.1 Å². The molecule has 0 aromatic rings. The number of hydrogen-bond donors (Lipinski definition) is 4. The van der Waals surface area contributed by atoms with Crippen LogP contribution in [0.2, 0.25) is 0 Å². The Morgan fingerprint density at radius 1 is 1.05 bits per heavy atom. The fourth-order valence-corrected chi connectivity index (χ4v) is 1.27. The van der Waals surface area contributed by atoms with E-state index in [4.69, 9.17) is 15.2 Å². The van der Waals surface area contributed by atoms with E-state index in [1.807, 2.05) is 0 Å². The molecule has 0 spiro atoms.